The number of carbonyl (C=O) groups is 4. The Morgan fingerprint density at radius 1 is 0.867 bits per heavy atom. The monoisotopic (exact) mass is 431 g/mol. The van der Waals surface area contributed by atoms with E-state index in [1.54, 1.807) is 13.8 Å². The molecule has 1 amide bonds. The van der Waals surface area contributed by atoms with Gasteiger partial charge in [-0.3, -0.25) is 19.2 Å². The lowest BCUT2D eigenvalue weighted by Gasteiger charge is -2.43. The van der Waals surface area contributed by atoms with E-state index in [0.717, 1.165) is 0 Å². The number of hydrogen-bond acceptors (Lipinski definition) is 9. The summed E-state index contributed by atoms with van der Waals surface area (Å²) in [6, 6.07) is -1.16. The topological polar surface area (TPSA) is 137 Å². The summed E-state index contributed by atoms with van der Waals surface area (Å²) >= 11 is 0. The first kappa shape index (κ1) is 25.8. The average molecular weight is 431 g/mol. The zero-order chi connectivity index (χ0) is 22.7. The summed E-state index contributed by atoms with van der Waals surface area (Å²) in [5.74, 6) is -2.11. The van der Waals surface area contributed by atoms with Gasteiger partial charge in [0.05, 0.1) is 0 Å². The lowest BCUT2D eigenvalue weighted by molar-refractivity contribution is -0.265. The molecule has 0 bridgehead atoms. The molecule has 10 nitrogen and oxygen atoms in total. The summed E-state index contributed by atoms with van der Waals surface area (Å²) in [6.07, 6.45) is -2.99. The predicted molar refractivity (Wildman–Crippen MR) is 104 cm³/mol. The van der Waals surface area contributed by atoms with Crippen molar-refractivity contribution >= 4 is 23.8 Å². The summed E-state index contributed by atoms with van der Waals surface area (Å²) in [6.45, 7) is 6.33. The highest BCUT2D eigenvalue weighted by Gasteiger charge is 2.50. The van der Waals surface area contributed by atoms with E-state index in [1.165, 1.54) is 6.92 Å². The molecule has 0 spiro atoms. The highest BCUT2D eigenvalue weighted by Crippen LogP contribution is 2.27. The van der Waals surface area contributed by atoms with Gasteiger partial charge in [0.2, 0.25) is 5.91 Å². The highest BCUT2D eigenvalue weighted by molar-refractivity contribution is 5.74. The van der Waals surface area contributed by atoms with E-state index in [0.29, 0.717) is 19.3 Å². The normalized spacial score (nSPS) is 25.8. The molecule has 1 aliphatic heterocycles. The molecule has 1 heterocycles. The fourth-order valence-corrected chi connectivity index (χ4v) is 3.01. The minimum atomic E-state index is -1.57. The first-order chi connectivity index (χ1) is 14.2. The van der Waals surface area contributed by atoms with Crippen LogP contribution in [0.3, 0.4) is 0 Å². The van der Waals surface area contributed by atoms with Gasteiger partial charge in [0.25, 0.3) is 0 Å². The number of aliphatic hydroxyl groups excluding tert-OH is 1. The van der Waals surface area contributed by atoms with E-state index in [1.807, 2.05) is 6.92 Å². The molecule has 0 aliphatic carbocycles. The summed E-state index contributed by atoms with van der Waals surface area (Å²) < 4.78 is 21.6. The Labute approximate surface area is 176 Å². The fraction of sp³-hybridized carbons (Fsp3) is 0.800. The SMILES string of the molecule is CCCC(=O)OC[C@H]1O[C@@H](O)[C@@H](NC(C)=O)[C@@H](OC(=O)CCC)[C@@H]1OC(=O)CCC. The first-order valence-corrected chi connectivity index (χ1v) is 10.4. The molecule has 1 fully saturated rings. The minimum absolute atomic E-state index is 0.103. The smallest absolute Gasteiger partial charge is 0.306 e. The number of aliphatic hydroxyl groups is 1. The molecule has 5 atom stereocenters. The van der Waals surface area contributed by atoms with Gasteiger partial charge in [-0.2, -0.15) is 0 Å². The standard InChI is InChI=1S/C20H33NO9/c1-5-8-14(23)27-11-13-18(29-15(24)9-6-2)19(30-16(25)10-7-3)17(20(26)28-13)21-12(4)22/h13,17-20,26H,5-11H2,1-4H3,(H,21,22)/t13-,17+,18-,19-,20-/m1/s1. The number of carbonyl (C=O) groups excluding carboxylic acids is 4. The van der Waals surface area contributed by atoms with Crippen LogP contribution in [0.25, 0.3) is 0 Å². The average Bonchev–Trinajstić information content (AvgIpc) is 2.65. The Balaban J connectivity index is 3.15. The van der Waals surface area contributed by atoms with Crippen molar-refractivity contribution in [3.05, 3.63) is 0 Å². The Kier molecular flexibility index (Phi) is 11.3. The summed E-state index contributed by atoms with van der Waals surface area (Å²) in [5, 5.41) is 12.9. The maximum absolute atomic E-state index is 12.2. The van der Waals surface area contributed by atoms with Gasteiger partial charge in [-0.1, -0.05) is 20.8 Å². The van der Waals surface area contributed by atoms with Crippen LogP contribution in [0.4, 0.5) is 0 Å². The Morgan fingerprint density at radius 2 is 1.37 bits per heavy atom. The molecule has 1 aliphatic rings. The van der Waals surface area contributed by atoms with Crippen LogP contribution in [0, 0.1) is 0 Å². The van der Waals surface area contributed by atoms with Gasteiger partial charge in [0.15, 0.2) is 18.5 Å². The van der Waals surface area contributed by atoms with Crippen molar-refractivity contribution in [3.8, 4) is 0 Å². The maximum atomic E-state index is 12.2. The van der Waals surface area contributed by atoms with Gasteiger partial charge in [-0.15, -0.1) is 0 Å². The van der Waals surface area contributed by atoms with E-state index >= 15 is 0 Å². The Bertz CT molecular complexity index is 595. The van der Waals surface area contributed by atoms with Crippen LogP contribution in [-0.4, -0.2) is 66.2 Å². The summed E-state index contributed by atoms with van der Waals surface area (Å²) in [4.78, 5) is 47.8. The summed E-state index contributed by atoms with van der Waals surface area (Å²) in [7, 11) is 0. The zero-order valence-corrected chi connectivity index (χ0v) is 18.0. The van der Waals surface area contributed by atoms with Gasteiger partial charge in [0.1, 0.15) is 18.8 Å². The number of rotatable bonds is 11. The third-order valence-corrected chi connectivity index (χ3v) is 4.34. The second kappa shape index (κ2) is 13.2. The first-order valence-electron chi connectivity index (χ1n) is 10.4. The van der Waals surface area contributed by atoms with Crippen LogP contribution in [0.2, 0.25) is 0 Å². The van der Waals surface area contributed by atoms with E-state index < -0.39 is 54.5 Å². The molecule has 2 N–H and O–H groups in total. The van der Waals surface area contributed by atoms with Crippen molar-refractivity contribution in [2.75, 3.05) is 6.61 Å². The van der Waals surface area contributed by atoms with Crippen molar-refractivity contribution in [1.29, 1.82) is 0 Å². The van der Waals surface area contributed by atoms with Crippen molar-refractivity contribution < 1.29 is 43.2 Å². The minimum Gasteiger partial charge on any atom is -0.463 e. The second-order valence-corrected chi connectivity index (χ2v) is 7.13. The maximum Gasteiger partial charge on any atom is 0.306 e. The van der Waals surface area contributed by atoms with Crippen LogP contribution in [0.5, 0.6) is 0 Å². The zero-order valence-electron chi connectivity index (χ0n) is 18.0. The van der Waals surface area contributed by atoms with E-state index in [4.69, 9.17) is 18.9 Å². The van der Waals surface area contributed by atoms with Crippen LogP contribution in [0.1, 0.15) is 66.2 Å². The number of nitrogens with one attached hydrogen (secondary N) is 1. The Morgan fingerprint density at radius 3 is 1.87 bits per heavy atom. The molecule has 30 heavy (non-hydrogen) atoms. The van der Waals surface area contributed by atoms with Crippen molar-refractivity contribution in [3.63, 3.8) is 0 Å². The molecule has 0 radical (unpaired) electrons. The molecule has 0 saturated carbocycles. The highest BCUT2D eigenvalue weighted by atomic mass is 16.7. The number of ether oxygens (including phenoxy) is 4. The molecule has 0 aromatic carbocycles. The quantitative estimate of drug-likeness (QED) is 0.362. The van der Waals surface area contributed by atoms with Crippen LogP contribution in [-0.2, 0) is 38.1 Å². The van der Waals surface area contributed by atoms with E-state index in [2.05, 4.69) is 5.32 Å². The molecule has 0 aromatic rings. The molecule has 0 unspecified atom stereocenters. The van der Waals surface area contributed by atoms with Gasteiger partial charge < -0.3 is 29.4 Å². The van der Waals surface area contributed by atoms with Gasteiger partial charge in [0, 0.05) is 26.2 Å². The van der Waals surface area contributed by atoms with Crippen LogP contribution >= 0.6 is 0 Å². The van der Waals surface area contributed by atoms with Crippen LogP contribution in [0.15, 0.2) is 0 Å². The molecule has 10 heteroatoms. The Hall–Kier alpha value is -2.20. The molecule has 1 saturated heterocycles. The van der Waals surface area contributed by atoms with Gasteiger partial charge in [-0.05, 0) is 19.3 Å². The second-order valence-electron chi connectivity index (χ2n) is 7.13. The van der Waals surface area contributed by atoms with Crippen LogP contribution < -0.4 is 5.32 Å². The molecular weight excluding hydrogens is 398 g/mol. The molecule has 172 valence electrons. The fourth-order valence-electron chi connectivity index (χ4n) is 3.01. The largest absolute Gasteiger partial charge is 0.463 e. The van der Waals surface area contributed by atoms with Crippen molar-refractivity contribution in [2.24, 2.45) is 0 Å². The summed E-state index contributed by atoms with van der Waals surface area (Å²) in [5.41, 5.74) is 0. The van der Waals surface area contributed by atoms with E-state index in [-0.39, 0.29) is 25.9 Å². The third kappa shape index (κ3) is 8.27. The number of amides is 1. The lowest BCUT2D eigenvalue weighted by atomic mass is 9.96. The van der Waals surface area contributed by atoms with Gasteiger partial charge in [-0.25, -0.2) is 0 Å². The molecule has 0 aromatic heterocycles. The molecule has 1 rings (SSSR count). The van der Waals surface area contributed by atoms with Crippen molar-refractivity contribution in [2.45, 2.75) is 96.9 Å². The van der Waals surface area contributed by atoms with Crippen molar-refractivity contribution in [1.82, 2.24) is 5.32 Å². The number of hydrogen-bond donors (Lipinski definition) is 2. The predicted octanol–water partition coefficient (Wildman–Crippen LogP) is 0.975. The third-order valence-electron chi connectivity index (χ3n) is 4.34. The van der Waals surface area contributed by atoms with E-state index in [9.17, 15) is 24.3 Å². The number of esters is 3. The lowest BCUT2D eigenvalue weighted by Crippen LogP contribution is -2.66. The molecular formula is C20H33NO9. The van der Waals surface area contributed by atoms with Gasteiger partial charge >= 0.3 is 17.9 Å².